The average molecular weight is 514 g/mol. The molecule has 0 spiro atoms. The van der Waals surface area contributed by atoms with Crippen molar-refractivity contribution in [1.29, 1.82) is 0 Å². The lowest BCUT2D eigenvalue weighted by atomic mass is 9.97. The van der Waals surface area contributed by atoms with Crippen molar-refractivity contribution in [1.82, 2.24) is 9.97 Å². The number of rotatable bonds is 7. The van der Waals surface area contributed by atoms with Crippen LogP contribution in [0.15, 0.2) is 24.4 Å². The van der Waals surface area contributed by atoms with E-state index in [2.05, 4.69) is 19.4 Å². The zero-order chi connectivity index (χ0) is 25.1. The number of nitrogens with zero attached hydrogens (tertiary/aromatic N) is 3. The van der Waals surface area contributed by atoms with Crippen molar-refractivity contribution in [3.8, 4) is 17.0 Å². The van der Waals surface area contributed by atoms with E-state index in [4.69, 9.17) is 11.6 Å². The van der Waals surface area contributed by atoms with Crippen LogP contribution < -0.4 is 9.64 Å². The summed E-state index contributed by atoms with van der Waals surface area (Å²) in [5.74, 6) is -2.03. The molecule has 14 heteroatoms. The van der Waals surface area contributed by atoms with Crippen molar-refractivity contribution in [3.05, 3.63) is 35.1 Å². The van der Waals surface area contributed by atoms with Gasteiger partial charge in [0.2, 0.25) is 0 Å². The minimum absolute atomic E-state index is 0.0593. The highest BCUT2D eigenvalue weighted by molar-refractivity contribution is 6.32. The SMILES string of the molecule is O=C(O)C1CCN(c2nc(COCC(F)(F)F)cnc2-c2ccc(Cl)c(OC(F)(F)F)c2)CC1. The van der Waals surface area contributed by atoms with Gasteiger partial charge in [-0.2, -0.15) is 13.2 Å². The molecule has 0 saturated carbocycles. The summed E-state index contributed by atoms with van der Waals surface area (Å²) in [6, 6.07) is 3.59. The van der Waals surface area contributed by atoms with Gasteiger partial charge in [-0.15, -0.1) is 13.2 Å². The summed E-state index contributed by atoms with van der Waals surface area (Å²) in [6.07, 6.45) is -7.83. The summed E-state index contributed by atoms with van der Waals surface area (Å²) < 4.78 is 83.9. The summed E-state index contributed by atoms with van der Waals surface area (Å²) in [6.45, 7) is -1.52. The summed E-state index contributed by atoms with van der Waals surface area (Å²) in [5.41, 5.74) is 0.343. The lowest BCUT2D eigenvalue weighted by molar-refractivity contribution is -0.274. The minimum atomic E-state index is -4.99. The molecule has 1 fully saturated rings. The lowest BCUT2D eigenvalue weighted by Crippen LogP contribution is -2.37. The van der Waals surface area contributed by atoms with Crippen LogP contribution in [0.4, 0.5) is 32.2 Å². The molecule has 0 aliphatic carbocycles. The second-order valence-corrected chi connectivity index (χ2v) is 7.84. The van der Waals surface area contributed by atoms with Crippen LogP contribution in [0, 0.1) is 5.92 Å². The summed E-state index contributed by atoms with van der Waals surface area (Å²) in [7, 11) is 0. The fraction of sp³-hybridized carbons (Fsp3) is 0.450. The zero-order valence-corrected chi connectivity index (χ0v) is 18.0. The number of hydrogen-bond donors (Lipinski definition) is 1. The molecule has 2 heterocycles. The van der Waals surface area contributed by atoms with Crippen molar-refractivity contribution in [2.24, 2.45) is 5.92 Å². The molecule has 1 aliphatic heterocycles. The molecule has 7 nitrogen and oxygen atoms in total. The van der Waals surface area contributed by atoms with E-state index in [0.717, 1.165) is 12.3 Å². The Balaban J connectivity index is 1.94. The number of anilines is 1. The number of aromatic nitrogens is 2. The van der Waals surface area contributed by atoms with Gasteiger partial charge in [0.25, 0.3) is 0 Å². The zero-order valence-electron chi connectivity index (χ0n) is 17.3. The highest BCUT2D eigenvalue weighted by Gasteiger charge is 2.33. The van der Waals surface area contributed by atoms with Gasteiger partial charge in [-0.3, -0.25) is 9.78 Å². The molecule has 3 rings (SSSR count). The normalized spacial score (nSPS) is 15.4. The van der Waals surface area contributed by atoms with Gasteiger partial charge in [-0.25, -0.2) is 4.98 Å². The number of hydrogen-bond acceptors (Lipinski definition) is 6. The molecule has 34 heavy (non-hydrogen) atoms. The Labute approximate surface area is 194 Å². The number of carbonyl (C=O) groups is 1. The number of piperidine rings is 1. The maximum absolute atomic E-state index is 12.7. The Hall–Kier alpha value is -2.80. The van der Waals surface area contributed by atoms with Crippen LogP contribution in [0.25, 0.3) is 11.3 Å². The Morgan fingerprint density at radius 2 is 1.85 bits per heavy atom. The third-order valence-corrected chi connectivity index (χ3v) is 5.21. The number of ether oxygens (including phenoxy) is 2. The van der Waals surface area contributed by atoms with Gasteiger partial charge in [0, 0.05) is 18.7 Å². The molecule has 1 aliphatic rings. The van der Waals surface area contributed by atoms with E-state index in [1.165, 1.54) is 12.1 Å². The largest absolute Gasteiger partial charge is 0.573 e. The van der Waals surface area contributed by atoms with Crippen LogP contribution in [0.2, 0.25) is 5.02 Å². The van der Waals surface area contributed by atoms with Crippen LogP contribution in [0.1, 0.15) is 18.5 Å². The van der Waals surface area contributed by atoms with Crippen molar-refractivity contribution >= 4 is 23.4 Å². The Morgan fingerprint density at radius 3 is 2.44 bits per heavy atom. The highest BCUT2D eigenvalue weighted by atomic mass is 35.5. The predicted octanol–water partition coefficient (Wildman–Crippen LogP) is 5.08. The van der Waals surface area contributed by atoms with Crippen LogP contribution in [0.5, 0.6) is 5.75 Å². The highest BCUT2D eigenvalue weighted by Crippen LogP contribution is 2.37. The van der Waals surface area contributed by atoms with E-state index in [1.54, 1.807) is 4.90 Å². The molecule has 0 amide bonds. The van der Waals surface area contributed by atoms with E-state index in [1.807, 2.05) is 0 Å². The predicted molar refractivity (Wildman–Crippen MR) is 107 cm³/mol. The van der Waals surface area contributed by atoms with E-state index in [0.29, 0.717) is 0 Å². The van der Waals surface area contributed by atoms with Crippen LogP contribution in [0.3, 0.4) is 0 Å². The second-order valence-electron chi connectivity index (χ2n) is 7.43. The van der Waals surface area contributed by atoms with Crippen LogP contribution >= 0.6 is 11.6 Å². The van der Waals surface area contributed by atoms with Gasteiger partial charge in [0.1, 0.15) is 18.1 Å². The maximum atomic E-state index is 12.7. The fourth-order valence-corrected chi connectivity index (χ4v) is 3.53. The smallest absolute Gasteiger partial charge is 0.481 e. The fourth-order valence-electron chi connectivity index (χ4n) is 3.37. The molecule has 186 valence electrons. The van der Waals surface area contributed by atoms with E-state index < -0.39 is 43.4 Å². The lowest BCUT2D eigenvalue weighted by Gasteiger charge is -2.32. The maximum Gasteiger partial charge on any atom is 0.573 e. The Morgan fingerprint density at radius 1 is 1.18 bits per heavy atom. The van der Waals surface area contributed by atoms with Gasteiger partial charge >= 0.3 is 18.5 Å². The topological polar surface area (TPSA) is 84.8 Å². The molecule has 1 aromatic carbocycles. The number of carboxylic acids is 1. The molecular weight excluding hydrogens is 496 g/mol. The van der Waals surface area contributed by atoms with Crippen LogP contribution in [-0.4, -0.2) is 53.3 Å². The van der Waals surface area contributed by atoms with Crippen molar-refractivity contribution < 1.29 is 45.7 Å². The molecule has 0 unspecified atom stereocenters. The molecule has 2 aromatic rings. The summed E-state index contributed by atoms with van der Waals surface area (Å²) >= 11 is 5.81. The molecule has 0 atom stereocenters. The Bertz CT molecular complexity index is 1030. The molecule has 1 N–H and O–H groups in total. The number of carboxylic acid groups (broad SMARTS) is 1. The Kier molecular flexibility index (Phi) is 7.76. The monoisotopic (exact) mass is 513 g/mol. The van der Waals surface area contributed by atoms with Gasteiger partial charge in [0.05, 0.1) is 29.4 Å². The van der Waals surface area contributed by atoms with E-state index in [-0.39, 0.29) is 53.7 Å². The number of alkyl halides is 6. The first-order valence-electron chi connectivity index (χ1n) is 9.86. The number of benzene rings is 1. The summed E-state index contributed by atoms with van der Waals surface area (Å²) in [5, 5.41) is 8.91. The van der Waals surface area contributed by atoms with E-state index in [9.17, 15) is 36.2 Å². The molecular formula is C20H18ClF6N3O4. The molecule has 0 radical (unpaired) electrons. The first kappa shape index (κ1) is 25.8. The third kappa shape index (κ3) is 7.10. The third-order valence-electron chi connectivity index (χ3n) is 4.89. The minimum Gasteiger partial charge on any atom is -0.481 e. The van der Waals surface area contributed by atoms with Gasteiger partial charge in [0.15, 0.2) is 5.82 Å². The van der Waals surface area contributed by atoms with Crippen molar-refractivity contribution in [3.63, 3.8) is 0 Å². The molecule has 0 bridgehead atoms. The number of aliphatic carboxylic acids is 1. The first-order valence-corrected chi connectivity index (χ1v) is 10.2. The van der Waals surface area contributed by atoms with Crippen molar-refractivity contribution in [2.75, 3.05) is 24.6 Å². The van der Waals surface area contributed by atoms with Crippen molar-refractivity contribution in [2.45, 2.75) is 32.0 Å². The standard InChI is InChI=1S/C20H18ClF6N3O4/c21-14-2-1-12(7-15(14)34-20(25,26)27)16-17(30-5-3-11(4-6-30)18(31)32)29-13(8-28-16)9-33-10-19(22,23)24/h1-2,7-8,11H,3-6,9-10H2,(H,31,32). The average Bonchev–Trinajstić information content (AvgIpc) is 2.73. The number of halogens is 7. The second kappa shape index (κ2) is 10.2. The van der Waals surface area contributed by atoms with Crippen LogP contribution in [-0.2, 0) is 16.1 Å². The molecule has 1 saturated heterocycles. The quantitative estimate of drug-likeness (QED) is 0.517. The van der Waals surface area contributed by atoms with Gasteiger partial charge < -0.3 is 19.5 Å². The van der Waals surface area contributed by atoms with E-state index >= 15 is 0 Å². The van der Waals surface area contributed by atoms with Gasteiger partial charge in [-0.05, 0) is 25.0 Å². The summed E-state index contributed by atoms with van der Waals surface area (Å²) in [4.78, 5) is 21.4. The van der Waals surface area contributed by atoms with Gasteiger partial charge in [-0.1, -0.05) is 17.7 Å². The molecule has 1 aromatic heterocycles. The first-order chi connectivity index (χ1) is 15.8.